The molecule has 2 aromatic carbocycles. The highest BCUT2D eigenvalue weighted by Crippen LogP contribution is 2.38. The van der Waals surface area contributed by atoms with Crippen LogP contribution in [0.15, 0.2) is 48.5 Å². The molecule has 3 nitrogen and oxygen atoms in total. The van der Waals surface area contributed by atoms with Gasteiger partial charge < -0.3 is 10.6 Å². The number of anilines is 1. The van der Waals surface area contributed by atoms with Crippen molar-refractivity contribution in [1.82, 2.24) is 0 Å². The fourth-order valence-corrected chi connectivity index (χ4v) is 2.72. The highest BCUT2D eigenvalue weighted by Gasteiger charge is 2.46. The van der Waals surface area contributed by atoms with E-state index in [4.69, 9.17) is 17.3 Å². The summed E-state index contributed by atoms with van der Waals surface area (Å²) in [6, 6.07) is 14.7. The summed E-state index contributed by atoms with van der Waals surface area (Å²) in [5, 5.41) is 0.676. The predicted octanol–water partition coefficient (Wildman–Crippen LogP) is 3.06. The van der Waals surface area contributed by atoms with Crippen LogP contribution in [0.1, 0.15) is 17.2 Å². The summed E-state index contributed by atoms with van der Waals surface area (Å²) in [6.07, 6.45) is 0. The van der Waals surface area contributed by atoms with Crippen molar-refractivity contribution in [2.75, 3.05) is 4.90 Å². The van der Waals surface area contributed by atoms with Crippen molar-refractivity contribution in [1.29, 1.82) is 0 Å². The molecule has 1 saturated heterocycles. The molecule has 0 spiro atoms. The number of hydrogen-bond donors (Lipinski definition) is 1. The van der Waals surface area contributed by atoms with Crippen molar-refractivity contribution in [3.63, 3.8) is 0 Å². The smallest absolute Gasteiger partial charge is 0.247 e. The first-order chi connectivity index (χ1) is 9.58. The van der Waals surface area contributed by atoms with E-state index in [1.807, 2.05) is 55.5 Å². The highest BCUT2D eigenvalue weighted by molar-refractivity contribution is 6.30. The maximum Gasteiger partial charge on any atom is 0.247 e. The lowest BCUT2D eigenvalue weighted by molar-refractivity contribution is -0.126. The van der Waals surface area contributed by atoms with Gasteiger partial charge in [-0.2, -0.15) is 0 Å². The zero-order valence-electron chi connectivity index (χ0n) is 11.1. The summed E-state index contributed by atoms with van der Waals surface area (Å²) in [5.74, 6) is -0.0458. The molecule has 2 N–H and O–H groups in total. The molecule has 0 radical (unpaired) electrons. The van der Waals surface area contributed by atoms with Crippen molar-refractivity contribution in [3.05, 3.63) is 64.7 Å². The van der Waals surface area contributed by atoms with Crippen LogP contribution in [0.2, 0.25) is 5.02 Å². The third-order valence-electron chi connectivity index (χ3n) is 3.63. The maximum atomic E-state index is 12.1. The van der Waals surface area contributed by atoms with E-state index in [0.29, 0.717) is 5.02 Å². The summed E-state index contributed by atoms with van der Waals surface area (Å²) in [6.45, 7) is 2.00. The molecule has 1 heterocycles. The average Bonchev–Trinajstić information content (AvgIpc) is 2.45. The fourth-order valence-electron chi connectivity index (χ4n) is 2.59. The first kappa shape index (κ1) is 13.2. The Morgan fingerprint density at radius 3 is 2.50 bits per heavy atom. The van der Waals surface area contributed by atoms with Gasteiger partial charge in [0, 0.05) is 10.7 Å². The van der Waals surface area contributed by atoms with Gasteiger partial charge in [-0.05, 0) is 42.3 Å². The quantitative estimate of drug-likeness (QED) is 0.863. The number of hydrogen-bond acceptors (Lipinski definition) is 2. The molecule has 1 amide bonds. The van der Waals surface area contributed by atoms with Gasteiger partial charge in [-0.15, -0.1) is 0 Å². The van der Waals surface area contributed by atoms with Crippen LogP contribution in [0.25, 0.3) is 0 Å². The summed E-state index contributed by atoms with van der Waals surface area (Å²) < 4.78 is 0. The van der Waals surface area contributed by atoms with Crippen LogP contribution in [0.3, 0.4) is 0 Å². The van der Waals surface area contributed by atoms with Gasteiger partial charge in [0.15, 0.2) is 0 Å². The molecule has 2 unspecified atom stereocenters. The van der Waals surface area contributed by atoms with E-state index < -0.39 is 6.04 Å². The predicted molar refractivity (Wildman–Crippen MR) is 80.8 cm³/mol. The molecule has 0 aliphatic carbocycles. The molecule has 1 fully saturated rings. The molecule has 102 valence electrons. The largest absolute Gasteiger partial charge is 0.318 e. The van der Waals surface area contributed by atoms with Gasteiger partial charge in [0.05, 0.1) is 6.04 Å². The zero-order chi connectivity index (χ0) is 14.3. The van der Waals surface area contributed by atoms with E-state index in [9.17, 15) is 4.79 Å². The minimum atomic E-state index is -0.489. The van der Waals surface area contributed by atoms with Gasteiger partial charge in [-0.25, -0.2) is 0 Å². The normalized spacial score (nSPS) is 21.8. The van der Waals surface area contributed by atoms with E-state index in [-0.39, 0.29) is 11.9 Å². The Balaban J connectivity index is 1.97. The number of carbonyl (C=O) groups is 1. The third-order valence-corrected chi connectivity index (χ3v) is 3.88. The Morgan fingerprint density at radius 2 is 1.85 bits per heavy atom. The molecule has 0 aromatic heterocycles. The number of aryl methyl sites for hydroxylation is 1. The van der Waals surface area contributed by atoms with E-state index in [1.165, 1.54) is 0 Å². The summed E-state index contributed by atoms with van der Waals surface area (Å²) >= 11 is 5.90. The van der Waals surface area contributed by atoms with Crippen molar-refractivity contribution < 1.29 is 4.79 Å². The Morgan fingerprint density at radius 1 is 1.15 bits per heavy atom. The minimum absolute atomic E-state index is 0.0458. The van der Waals surface area contributed by atoms with Gasteiger partial charge in [-0.1, -0.05) is 35.9 Å². The van der Waals surface area contributed by atoms with Gasteiger partial charge in [0.2, 0.25) is 5.91 Å². The molecular weight excluding hydrogens is 272 g/mol. The molecule has 2 atom stereocenters. The van der Waals surface area contributed by atoms with Gasteiger partial charge in [0.1, 0.15) is 6.04 Å². The number of halogens is 1. The fraction of sp³-hybridized carbons (Fsp3) is 0.188. The number of carbonyl (C=O) groups excluding carboxylic acids is 1. The summed E-state index contributed by atoms with van der Waals surface area (Å²) in [7, 11) is 0. The van der Waals surface area contributed by atoms with Gasteiger partial charge in [0.25, 0.3) is 0 Å². The maximum absolute atomic E-state index is 12.1. The van der Waals surface area contributed by atoms with Gasteiger partial charge >= 0.3 is 0 Å². The van der Waals surface area contributed by atoms with Crippen LogP contribution in [0.5, 0.6) is 0 Å². The van der Waals surface area contributed by atoms with E-state index >= 15 is 0 Å². The van der Waals surface area contributed by atoms with Crippen LogP contribution >= 0.6 is 11.6 Å². The average molecular weight is 287 g/mol. The lowest BCUT2D eigenvalue weighted by Crippen LogP contribution is -2.63. The molecule has 2 aromatic rings. The minimum Gasteiger partial charge on any atom is -0.318 e. The number of β-lactam (4-membered cyclic amide) rings is 1. The Hall–Kier alpha value is -1.84. The van der Waals surface area contributed by atoms with Gasteiger partial charge in [-0.3, -0.25) is 4.79 Å². The molecule has 0 bridgehead atoms. The first-order valence-electron chi connectivity index (χ1n) is 6.49. The number of nitrogens with zero attached hydrogens (tertiary/aromatic N) is 1. The van der Waals surface area contributed by atoms with Crippen LogP contribution in [0, 0.1) is 6.92 Å². The van der Waals surface area contributed by atoms with E-state index in [0.717, 1.165) is 16.8 Å². The zero-order valence-corrected chi connectivity index (χ0v) is 11.8. The molecule has 0 saturated carbocycles. The van der Waals surface area contributed by atoms with Crippen LogP contribution < -0.4 is 10.6 Å². The monoisotopic (exact) mass is 286 g/mol. The number of nitrogens with two attached hydrogens (primary N) is 1. The number of amides is 1. The number of benzene rings is 2. The SMILES string of the molecule is Cc1cccc(N2C(=O)C(N)C2c2ccc(Cl)cc2)c1. The standard InChI is InChI=1S/C16H15ClN2O/c1-10-3-2-4-13(9-10)19-15(14(18)16(19)20)11-5-7-12(17)8-6-11/h2-9,14-15H,18H2,1H3. The van der Waals surface area contributed by atoms with Crippen molar-refractivity contribution >= 4 is 23.2 Å². The Bertz CT molecular complexity index is 654. The lowest BCUT2D eigenvalue weighted by atomic mass is 9.88. The van der Waals surface area contributed by atoms with Crippen LogP contribution in [0.4, 0.5) is 5.69 Å². The molecule has 1 aliphatic rings. The van der Waals surface area contributed by atoms with Crippen molar-refractivity contribution in [2.45, 2.75) is 19.0 Å². The molecular formula is C16H15ClN2O. The van der Waals surface area contributed by atoms with Crippen LogP contribution in [-0.4, -0.2) is 11.9 Å². The molecule has 4 heteroatoms. The summed E-state index contributed by atoms with van der Waals surface area (Å²) in [5.41, 5.74) is 8.98. The van der Waals surface area contributed by atoms with E-state index in [2.05, 4.69) is 0 Å². The second-order valence-corrected chi connectivity index (χ2v) is 5.51. The summed E-state index contributed by atoms with van der Waals surface area (Å²) in [4.78, 5) is 13.8. The third kappa shape index (κ3) is 2.09. The second kappa shape index (κ2) is 4.93. The highest BCUT2D eigenvalue weighted by atomic mass is 35.5. The first-order valence-corrected chi connectivity index (χ1v) is 6.86. The topological polar surface area (TPSA) is 46.3 Å². The van der Waals surface area contributed by atoms with E-state index in [1.54, 1.807) is 4.90 Å². The Kier molecular flexibility index (Phi) is 3.24. The Labute approximate surface area is 123 Å². The molecule has 3 rings (SSSR count). The van der Waals surface area contributed by atoms with Crippen LogP contribution in [-0.2, 0) is 4.79 Å². The molecule has 1 aliphatic heterocycles. The molecule has 20 heavy (non-hydrogen) atoms. The van der Waals surface area contributed by atoms with Crippen molar-refractivity contribution in [3.8, 4) is 0 Å². The lowest BCUT2D eigenvalue weighted by Gasteiger charge is -2.45. The number of rotatable bonds is 2. The second-order valence-electron chi connectivity index (χ2n) is 5.07. The van der Waals surface area contributed by atoms with Crippen molar-refractivity contribution in [2.24, 2.45) is 5.73 Å².